The van der Waals surface area contributed by atoms with Gasteiger partial charge in [0.05, 0.1) is 5.69 Å². The number of benzene rings is 1. The summed E-state index contributed by atoms with van der Waals surface area (Å²) in [4.78, 5) is 7.59. The van der Waals surface area contributed by atoms with Crippen molar-refractivity contribution in [2.45, 2.75) is 26.7 Å². The minimum Gasteiger partial charge on any atom is -0.361 e. The Morgan fingerprint density at radius 2 is 1.92 bits per heavy atom. The zero-order chi connectivity index (χ0) is 17.6. The van der Waals surface area contributed by atoms with Crippen molar-refractivity contribution in [3.8, 4) is 0 Å². The number of aliphatic imine (C=N–C) groups is 1. The molecule has 0 aliphatic heterocycles. The average Bonchev–Trinajstić information content (AvgIpc) is 3.18. The maximum atomic E-state index is 5.19. The van der Waals surface area contributed by atoms with Crippen molar-refractivity contribution in [1.29, 1.82) is 0 Å². The Bertz CT molecular complexity index is 842. The number of fused-ring (bicyclic) bond motifs is 1. The molecule has 2 heterocycles. The van der Waals surface area contributed by atoms with Crippen molar-refractivity contribution in [2.75, 3.05) is 20.1 Å². The van der Waals surface area contributed by atoms with Crippen molar-refractivity contribution < 1.29 is 4.52 Å². The van der Waals surface area contributed by atoms with Crippen LogP contribution < -0.4 is 10.6 Å². The fraction of sp³-hybridized carbons (Fsp3) is 0.368. The summed E-state index contributed by atoms with van der Waals surface area (Å²) in [6, 6.07) is 8.37. The van der Waals surface area contributed by atoms with E-state index in [-0.39, 0.29) is 0 Å². The highest BCUT2D eigenvalue weighted by molar-refractivity contribution is 5.83. The molecule has 0 spiro atoms. The van der Waals surface area contributed by atoms with Gasteiger partial charge >= 0.3 is 0 Å². The molecule has 0 fully saturated rings. The molecule has 0 unspecified atom stereocenters. The quantitative estimate of drug-likeness (QED) is 0.477. The molecular formula is C19H25N5O. The summed E-state index contributed by atoms with van der Waals surface area (Å²) in [5, 5.41) is 12.0. The van der Waals surface area contributed by atoms with E-state index in [9.17, 15) is 0 Å². The van der Waals surface area contributed by atoms with Crippen LogP contribution in [-0.2, 0) is 12.8 Å². The largest absolute Gasteiger partial charge is 0.361 e. The molecule has 0 amide bonds. The second kappa shape index (κ2) is 7.88. The summed E-state index contributed by atoms with van der Waals surface area (Å²) in [7, 11) is 1.79. The second-order valence-electron chi connectivity index (χ2n) is 6.09. The summed E-state index contributed by atoms with van der Waals surface area (Å²) in [6.45, 7) is 5.53. The molecule has 0 aliphatic rings. The van der Waals surface area contributed by atoms with E-state index in [1.807, 2.05) is 19.9 Å². The molecule has 6 nitrogen and oxygen atoms in total. The van der Waals surface area contributed by atoms with E-state index in [2.05, 4.69) is 50.2 Å². The number of hydrogen-bond donors (Lipinski definition) is 3. The van der Waals surface area contributed by atoms with Crippen molar-refractivity contribution in [2.24, 2.45) is 4.99 Å². The number of nitrogens with zero attached hydrogens (tertiary/aromatic N) is 2. The van der Waals surface area contributed by atoms with E-state index < -0.39 is 0 Å². The molecule has 0 atom stereocenters. The first kappa shape index (κ1) is 17.1. The van der Waals surface area contributed by atoms with Gasteiger partial charge < -0.3 is 20.1 Å². The normalized spacial score (nSPS) is 11.9. The Morgan fingerprint density at radius 1 is 1.16 bits per heavy atom. The Kier molecular flexibility index (Phi) is 5.38. The first-order valence-electron chi connectivity index (χ1n) is 8.60. The van der Waals surface area contributed by atoms with E-state index in [1.54, 1.807) is 7.05 Å². The molecule has 0 bridgehead atoms. The Hall–Kier alpha value is -2.76. The highest BCUT2D eigenvalue weighted by Crippen LogP contribution is 2.17. The first-order chi connectivity index (χ1) is 12.2. The lowest BCUT2D eigenvalue weighted by atomic mass is 10.1. The molecule has 2 aromatic heterocycles. The van der Waals surface area contributed by atoms with Crippen LogP contribution in [0.3, 0.4) is 0 Å². The molecule has 6 heteroatoms. The standard InChI is InChI=1S/C19H25N5O/c1-13-16(14(2)25-24-13)9-11-22-19(20-3)21-10-8-15-12-23-18-7-5-4-6-17(15)18/h4-7,12,23H,8-11H2,1-3H3,(H2,20,21,22). The number of rotatable bonds is 6. The summed E-state index contributed by atoms with van der Waals surface area (Å²) >= 11 is 0. The van der Waals surface area contributed by atoms with E-state index in [0.717, 1.165) is 43.3 Å². The summed E-state index contributed by atoms with van der Waals surface area (Å²) in [5.41, 5.74) is 4.62. The second-order valence-corrected chi connectivity index (χ2v) is 6.09. The fourth-order valence-electron chi connectivity index (χ4n) is 3.04. The van der Waals surface area contributed by atoms with Gasteiger partial charge in [0.1, 0.15) is 5.76 Å². The lowest BCUT2D eigenvalue weighted by Gasteiger charge is -2.11. The predicted octanol–water partition coefficient (Wildman–Crippen LogP) is 2.72. The van der Waals surface area contributed by atoms with Crippen LogP contribution in [0.5, 0.6) is 0 Å². The van der Waals surface area contributed by atoms with Gasteiger partial charge in [-0.15, -0.1) is 0 Å². The number of hydrogen-bond acceptors (Lipinski definition) is 3. The highest BCUT2D eigenvalue weighted by atomic mass is 16.5. The third kappa shape index (κ3) is 4.02. The molecule has 3 N–H and O–H groups in total. The Morgan fingerprint density at radius 3 is 2.64 bits per heavy atom. The summed E-state index contributed by atoms with van der Waals surface area (Å²) < 4.78 is 5.19. The third-order valence-electron chi connectivity index (χ3n) is 4.43. The van der Waals surface area contributed by atoms with Crippen LogP contribution in [0.4, 0.5) is 0 Å². The topological polar surface area (TPSA) is 78.2 Å². The molecule has 3 aromatic rings. The number of aromatic amines is 1. The minimum absolute atomic E-state index is 0.787. The molecule has 132 valence electrons. The van der Waals surface area contributed by atoms with Crippen molar-refractivity contribution in [1.82, 2.24) is 20.8 Å². The predicted molar refractivity (Wildman–Crippen MR) is 101 cm³/mol. The van der Waals surface area contributed by atoms with Crippen LogP contribution in [0, 0.1) is 13.8 Å². The van der Waals surface area contributed by atoms with Gasteiger partial charge in [-0.1, -0.05) is 23.4 Å². The number of guanidine groups is 1. The van der Waals surface area contributed by atoms with E-state index in [0.29, 0.717) is 0 Å². The van der Waals surface area contributed by atoms with Crippen molar-refractivity contribution in [3.05, 3.63) is 53.0 Å². The number of para-hydroxylation sites is 1. The molecular weight excluding hydrogens is 314 g/mol. The van der Waals surface area contributed by atoms with Gasteiger partial charge in [-0.05, 0) is 38.3 Å². The molecule has 3 rings (SSSR count). The molecule has 0 saturated carbocycles. The zero-order valence-electron chi connectivity index (χ0n) is 15.0. The maximum Gasteiger partial charge on any atom is 0.190 e. The van der Waals surface area contributed by atoms with Gasteiger partial charge in [-0.3, -0.25) is 4.99 Å². The molecule has 25 heavy (non-hydrogen) atoms. The van der Waals surface area contributed by atoms with Gasteiger partial charge in [0.15, 0.2) is 5.96 Å². The SMILES string of the molecule is CN=C(NCCc1c(C)noc1C)NCCc1c[nH]c2ccccc12. The minimum atomic E-state index is 0.787. The molecule has 1 aromatic carbocycles. The van der Waals surface area contributed by atoms with Crippen LogP contribution in [0.2, 0.25) is 0 Å². The van der Waals surface area contributed by atoms with Gasteiger partial charge in [0.2, 0.25) is 0 Å². The van der Waals surface area contributed by atoms with Crippen LogP contribution in [0.1, 0.15) is 22.6 Å². The summed E-state index contributed by atoms with van der Waals surface area (Å²) in [6.07, 6.45) is 3.89. The third-order valence-corrected chi connectivity index (χ3v) is 4.43. The number of H-pyrrole nitrogens is 1. The van der Waals surface area contributed by atoms with Gasteiger partial charge in [-0.25, -0.2) is 0 Å². The van der Waals surface area contributed by atoms with Gasteiger partial charge in [-0.2, -0.15) is 0 Å². The van der Waals surface area contributed by atoms with Crippen molar-refractivity contribution in [3.63, 3.8) is 0 Å². The molecule has 0 aliphatic carbocycles. The fourth-order valence-corrected chi connectivity index (χ4v) is 3.04. The average molecular weight is 339 g/mol. The zero-order valence-corrected chi connectivity index (χ0v) is 15.0. The number of aryl methyl sites for hydroxylation is 2. The lowest BCUT2D eigenvalue weighted by molar-refractivity contribution is 0.392. The molecule has 0 radical (unpaired) electrons. The van der Waals surface area contributed by atoms with Crippen LogP contribution in [0.15, 0.2) is 40.0 Å². The summed E-state index contributed by atoms with van der Waals surface area (Å²) in [5.74, 6) is 1.70. The van der Waals surface area contributed by atoms with Crippen molar-refractivity contribution >= 4 is 16.9 Å². The Balaban J connectivity index is 1.46. The van der Waals surface area contributed by atoms with Gasteiger partial charge in [0, 0.05) is 42.8 Å². The Labute approximate surface area is 147 Å². The van der Waals surface area contributed by atoms with Crippen LogP contribution in [0.25, 0.3) is 10.9 Å². The monoisotopic (exact) mass is 339 g/mol. The highest BCUT2D eigenvalue weighted by Gasteiger charge is 2.08. The van der Waals surface area contributed by atoms with E-state index in [4.69, 9.17) is 4.52 Å². The van der Waals surface area contributed by atoms with E-state index >= 15 is 0 Å². The lowest BCUT2D eigenvalue weighted by Crippen LogP contribution is -2.39. The van der Waals surface area contributed by atoms with Crippen LogP contribution in [-0.4, -0.2) is 36.2 Å². The number of aromatic nitrogens is 2. The smallest absolute Gasteiger partial charge is 0.190 e. The van der Waals surface area contributed by atoms with Gasteiger partial charge in [0.25, 0.3) is 0 Å². The maximum absolute atomic E-state index is 5.19. The van der Waals surface area contributed by atoms with Crippen LogP contribution >= 0.6 is 0 Å². The molecule has 0 saturated heterocycles. The van der Waals surface area contributed by atoms with E-state index in [1.165, 1.54) is 22.0 Å². The number of nitrogens with one attached hydrogen (secondary N) is 3. The first-order valence-corrected chi connectivity index (χ1v) is 8.60.